The minimum Gasteiger partial charge on any atom is -0.352 e. The molecule has 0 radical (unpaired) electrons. The van der Waals surface area contributed by atoms with Crippen molar-refractivity contribution in [1.29, 1.82) is 0 Å². The highest BCUT2D eigenvalue weighted by Gasteiger charge is 2.10. The van der Waals surface area contributed by atoms with Crippen LogP contribution in [0.3, 0.4) is 0 Å². The SMILES string of the molecule is O=C(NCCCCCCCNC(=O)c1ccc([N+](=O)[O-])cc1)c1ccc([N+](=O)[O-])cc1. The average Bonchev–Trinajstić information content (AvgIpc) is 2.77. The van der Waals surface area contributed by atoms with Gasteiger partial charge in [-0.25, -0.2) is 0 Å². The second-order valence-corrected chi connectivity index (χ2v) is 6.89. The fourth-order valence-corrected chi connectivity index (χ4v) is 2.86. The highest BCUT2D eigenvalue weighted by molar-refractivity contribution is 5.94. The topological polar surface area (TPSA) is 144 Å². The number of nitrogens with one attached hydrogen (secondary N) is 2. The first kappa shape index (κ1) is 23.5. The van der Waals surface area contributed by atoms with Gasteiger partial charge in [0.2, 0.25) is 0 Å². The molecule has 10 nitrogen and oxygen atoms in total. The Labute approximate surface area is 179 Å². The van der Waals surface area contributed by atoms with Gasteiger partial charge < -0.3 is 10.6 Å². The van der Waals surface area contributed by atoms with Gasteiger partial charge in [-0.15, -0.1) is 0 Å². The Hall–Kier alpha value is -3.82. The molecule has 0 saturated heterocycles. The van der Waals surface area contributed by atoms with Crippen LogP contribution in [-0.2, 0) is 0 Å². The maximum atomic E-state index is 12.0. The predicted molar refractivity (Wildman–Crippen MR) is 114 cm³/mol. The summed E-state index contributed by atoms with van der Waals surface area (Å²) in [6.07, 6.45) is 4.44. The third kappa shape index (κ3) is 7.84. The van der Waals surface area contributed by atoms with Crippen LogP contribution in [0.2, 0.25) is 0 Å². The third-order valence-corrected chi connectivity index (χ3v) is 4.61. The summed E-state index contributed by atoms with van der Waals surface area (Å²) in [6, 6.07) is 10.9. The number of unbranched alkanes of at least 4 members (excludes halogenated alkanes) is 4. The average molecular weight is 428 g/mol. The monoisotopic (exact) mass is 428 g/mol. The summed E-state index contributed by atoms with van der Waals surface area (Å²) < 4.78 is 0. The fraction of sp³-hybridized carbons (Fsp3) is 0.333. The summed E-state index contributed by atoms with van der Waals surface area (Å²) in [5.41, 5.74) is 0.657. The van der Waals surface area contributed by atoms with Crippen molar-refractivity contribution in [3.8, 4) is 0 Å². The van der Waals surface area contributed by atoms with E-state index in [4.69, 9.17) is 0 Å². The van der Waals surface area contributed by atoms with Gasteiger partial charge in [0.1, 0.15) is 0 Å². The van der Waals surface area contributed by atoms with Crippen molar-refractivity contribution in [2.75, 3.05) is 13.1 Å². The fourth-order valence-electron chi connectivity index (χ4n) is 2.86. The van der Waals surface area contributed by atoms with Gasteiger partial charge in [0.05, 0.1) is 9.85 Å². The summed E-state index contributed by atoms with van der Waals surface area (Å²) in [7, 11) is 0. The normalized spacial score (nSPS) is 10.3. The van der Waals surface area contributed by atoms with Gasteiger partial charge in [-0.1, -0.05) is 19.3 Å². The molecule has 10 heteroatoms. The summed E-state index contributed by atoms with van der Waals surface area (Å²) in [5.74, 6) is -0.521. The van der Waals surface area contributed by atoms with E-state index >= 15 is 0 Å². The Morgan fingerprint density at radius 3 is 1.26 bits per heavy atom. The summed E-state index contributed by atoms with van der Waals surface area (Å²) in [5, 5.41) is 26.8. The van der Waals surface area contributed by atoms with Crippen LogP contribution in [0.25, 0.3) is 0 Å². The van der Waals surface area contributed by atoms with Crippen molar-refractivity contribution < 1.29 is 19.4 Å². The number of carbonyl (C=O) groups excluding carboxylic acids is 2. The van der Waals surface area contributed by atoms with Crippen molar-refractivity contribution in [2.24, 2.45) is 0 Å². The number of benzene rings is 2. The van der Waals surface area contributed by atoms with Crippen LogP contribution in [0.1, 0.15) is 52.8 Å². The Morgan fingerprint density at radius 1 is 0.613 bits per heavy atom. The lowest BCUT2D eigenvalue weighted by molar-refractivity contribution is -0.385. The van der Waals surface area contributed by atoms with Crippen molar-refractivity contribution in [2.45, 2.75) is 32.1 Å². The van der Waals surface area contributed by atoms with E-state index in [1.54, 1.807) is 0 Å². The van der Waals surface area contributed by atoms with Crippen molar-refractivity contribution in [1.82, 2.24) is 10.6 Å². The van der Waals surface area contributed by atoms with E-state index in [9.17, 15) is 29.8 Å². The smallest absolute Gasteiger partial charge is 0.269 e. The number of hydrogen-bond donors (Lipinski definition) is 2. The van der Waals surface area contributed by atoms with E-state index in [0.717, 1.165) is 32.1 Å². The molecule has 0 saturated carbocycles. The van der Waals surface area contributed by atoms with Crippen LogP contribution >= 0.6 is 0 Å². The molecule has 0 fully saturated rings. The zero-order valence-corrected chi connectivity index (χ0v) is 16.9. The maximum absolute atomic E-state index is 12.0. The second-order valence-electron chi connectivity index (χ2n) is 6.89. The van der Waals surface area contributed by atoms with Crippen LogP contribution in [0.4, 0.5) is 11.4 Å². The van der Waals surface area contributed by atoms with Crippen LogP contribution in [-0.4, -0.2) is 34.8 Å². The molecule has 0 spiro atoms. The quantitative estimate of drug-likeness (QED) is 0.300. The third-order valence-electron chi connectivity index (χ3n) is 4.61. The molecule has 0 aliphatic rings. The Bertz CT molecular complexity index is 837. The number of nitro groups is 2. The first-order chi connectivity index (χ1) is 14.9. The molecule has 0 aliphatic heterocycles. The van der Waals surface area contributed by atoms with Crippen LogP contribution in [0, 0.1) is 20.2 Å². The van der Waals surface area contributed by atoms with Gasteiger partial charge >= 0.3 is 0 Å². The molecule has 2 aromatic rings. The van der Waals surface area contributed by atoms with Crippen molar-refractivity contribution in [3.63, 3.8) is 0 Å². The molecule has 2 aromatic carbocycles. The standard InChI is InChI=1S/C21H24N4O6/c26-20(16-6-10-18(11-7-16)24(28)29)22-14-4-2-1-3-5-15-23-21(27)17-8-12-19(13-9-17)25(30)31/h6-13H,1-5,14-15H2,(H,22,26)(H,23,27). The van der Waals surface area contributed by atoms with Gasteiger partial charge in [0.25, 0.3) is 23.2 Å². The number of amides is 2. The van der Waals surface area contributed by atoms with E-state index in [1.807, 2.05) is 0 Å². The number of non-ortho nitro benzene ring substituents is 2. The van der Waals surface area contributed by atoms with Gasteiger partial charge in [-0.3, -0.25) is 29.8 Å². The van der Waals surface area contributed by atoms with Crippen LogP contribution in [0.5, 0.6) is 0 Å². The van der Waals surface area contributed by atoms with Crippen LogP contribution in [0.15, 0.2) is 48.5 Å². The molecule has 164 valence electrons. The molecule has 2 amide bonds. The highest BCUT2D eigenvalue weighted by atomic mass is 16.6. The van der Waals surface area contributed by atoms with Gasteiger partial charge in [0.15, 0.2) is 0 Å². The van der Waals surface area contributed by atoms with E-state index in [0.29, 0.717) is 24.2 Å². The lowest BCUT2D eigenvalue weighted by Gasteiger charge is -2.06. The summed E-state index contributed by atoms with van der Waals surface area (Å²) in [6.45, 7) is 1.04. The predicted octanol–water partition coefficient (Wildman–Crippen LogP) is 3.61. The molecule has 2 rings (SSSR count). The highest BCUT2D eigenvalue weighted by Crippen LogP contribution is 2.13. The molecule has 0 aliphatic carbocycles. The number of carbonyl (C=O) groups is 2. The van der Waals surface area contributed by atoms with E-state index in [1.165, 1.54) is 48.5 Å². The van der Waals surface area contributed by atoms with Gasteiger partial charge in [-0.2, -0.15) is 0 Å². The molecule has 31 heavy (non-hydrogen) atoms. The molecular weight excluding hydrogens is 404 g/mol. The molecule has 0 aromatic heterocycles. The number of nitro benzene ring substituents is 2. The van der Waals surface area contributed by atoms with E-state index in [-0.39, 0.29) is 23.2 Å². The molecule has 0 unspecified atom stereocenters. The Balaban J connectivity index is 1.52. The maximum Gasteiger partial charge on any atom is 0.269 e. The number of nitrogens with zero attached hydrogens (tertiary/aromatic N) is 2. The van der Waals surface area contributed by atoms with Crippen LogP contribution < -0.4 is 10.6 Å². The Morgan fingerprint density at radius 2 is 0.935 bits per heavy atom. The number of rotatable bonds is 12. The van der Waals surface area contributed by atoms with Gasteiger partial charge in [0, 0.05) is 48.5 Å². The number of hydrogen-bond acceptors (Lipinski definition) is 6. The molecular formula is C21H24N4O6. The first-order valence-electron chi connectivity index (χ1n) is 9.94. The zero-order chi connectivity index (χ0) is 22.6. The Kier molecular flexibility index (Phi) is 9.09. The molecule has 0 atom stereocenters. The minimum atomic E-state index is -0.511. The summed E-state index contributed by atoms with van der Waals surface area (Å²) in [4.78, 5) is 44.2. The molecule has 2 N–H and O–H groups in total. The van der Waals surface area contributed by atoms with E-state index in [2.05, 4.69) is 10.6 Å². The molecule has 0 bridgehead atoms. The van der Waals surface area contributed by atoms with E-state index < -0.39 is 9.85 Å². The second kappa shape index (κ2) is 12.0. The van der Waals surface area contributed by atoms with Crippen molar-refractivity contribution in [3.05, 3.63) is 79.9 Å². The van der Waals surface area contributed by atoms with Gasteiger partial charge in [-0.05, 0) is 37.1 Å². The largest absolute Gasteiger partial charge is 0.352 e. The van der Waals surface area contributed by atoms with Crippen molar-refractivity contribution >= 4 is 23.2 Å². The minimum absolute atomic E-state index is 0.0551. The lowest BCUT2D eigenvalue weighted by atomic mass is 10.1. The molecule has 0 heterocycles. The first-order valence-corrected chi connectivity index (χ1v) is 9.94. The lowest BCUT2D eigenvalue weighted by Crippen LogP contribution is -2.24. The summed E-state index contributed by atoms with van der Waals surface area (Å²) >= 11 is 0. The zero-order valence-electron chi connectivity index (χ0n) is 16.9.